The molecule has 4 unspecified atom stereocenters. The number of carbonyl (C=O) groups excluding carboxylic acids is 2. The Morgan fingerprint density at radius 1 is 1.14 bits per heavy atom. The summed E-state index contributed by atoms with van der Waals surface area (Å²) in [4.78, 5) is 23.9. The van der Waals surface area contributed by atoms with E-state index >= 15 is 0 Å². The number of carbonyl (C=O) groups is 2. The first kappa shape index (κ1) is 28.6. The Morgan fingerprint density at radius 2 is 1.83 bits per heavy atom. The SMILES string of the molecule is COC1C(OC(=O)NCCCCCCNC(=O)CNI)CC[C@]2(CO2)C1C1(C)O[C@@H]1CC=C(C)C. The zero-order chi connectivity index (χ0) is 25.5. The third-order valence-corrected chi connectivity index (χ3v) is 7.80. The smallest absolute Gasteiger partial charge is 0.407 e. The van der Waals surface area contributed by atoms with Gasteiger partial charge in [0, 0.05) is 43.1 Å². The summed E-state index contributed by atoms with van der Waals surface area (Å²) in [5, 5.41) is 5.74. The average molecular weight is 608 g/mol. The van der Waals surface area contributed by atoms with Crippen LogP contribution in [0, 0.1) is 5.92 Å². The number of hydrogen-bond donors (Lipinski definition) is 3. The van der Waals surface area contributed by atoms with Crippen molar-refractivity contribution in [1.82, 2.24) is 14.2 Å². The average Bonchev–Trinajstić information content (AvgIpc) is 3.72. The van der Waals surface area contributed by atoms with E-state index in [9.17, 15) is 9.59 Å². The number of methoxy groups -OCH3 is 1. The molecule has 10 heteroatoms. The molecule has 0 aromatic heterocycles. The summed E-state index contributed by atoms with van der Waals surface area (Å²) < 4.78 is 26.7. The van der Waals surface area contributed by atoms with Crippen molar-refractivity contribution in [2.75, 3.05) is 33.4 Å². The lowest BCUT2D eigenvalue weighted by atomic mass is 9.68. The van der Waals surface area contributed by atoms with Crippen molar-refractivity contribution in [2.24, 2.45) is 5.92 Å². The number of unbranched alkanes of at least 4 members (excludes halogenated alkanes) is 3. The molecule has 6 atom stereocenters. The lowest BCUT2D eigenvalue weighted by Gasteiger charge is -2.42. The van der Waals surface area contributed by atoms with E-state index in [-0.39, 0.29) is 41.3 Å². The maximum absolute atomic E-state index is 12.5. The van der Waals surface area contributed by atoms with Gasteiger partial charge in [-0.15, -0.1) is 0 Å². The fourth-order valence-corrected chi connectivity index (χ4v) is 5.74. The van der Waals surface area contributed by atoms with Gasteiger partial charge in [0.2, 0.25) is 5.91 Å². The Labute approximate surface area is 223 Å². The van der Waals surface area contributed by atoms with E-state index in [2.05, 4.69) is 41.0 Å². The van der Waals surface area contributed by atoms with Crippen LogP contribution in [0.3, 0.4) is 0 Å². The molecular formula is C25H42IN3O6. The van der Waals surface area contributed by atoms with Crippen molar-refractivity contribution in [2.45, 2.75) is 95.2 Å². The van der Waals surface area contributed by atoms with E-state index in [1.54, 1.807) is 7.11 Å². The number of alkyl carbamates (subject to hydrolysis) is 1. The highest BCUT2D eigenvalue weighted by atomic mass is 127. The van der Waals surface area contributed by atoms with E-state index in [4.69, 9.17) is 18.9 Å². The fraction of sp³-hybridized carbons (Fsp3) is 0.840. The van der Waals surface area contributed by atoms with Gasteiger partial charge in [-0.3, -0.25) is 8.32 Å². The number of epoxide rings is 2. The van der Waals surface area contributed by atoms with Crippen LogP contribution in [0.25, 0.3) is 0 Å². The molecule has 2 amide bonds. The molecule has 0 bridgehead atoms. The van der Waals surface area contributed by atoms with Gasteiger partial charge < -0.3 is 29.6 Å². The molecule has 3 rings (SSSR count). The third-order valence-electron chi connectivity index (χ3n) is 7.42. The minimum Gasteiger partial charge on any atom is -0.443 e. The number of halogens is 1. The Morgan fingerprint density at radius 3 is 2.43 bits per heavy atom. The van der Waals surface area contributed by atoms with Crippen LogP contribution in [0.1, 0.15) is 65.7 Å². The molecule has 0 aromatic carbocycles. The molecule has 3 aliphatic rings. The number of ether oxygens (including phenoxy) is 4. The second kappa shape index (κ2) is 13.0. The maximum Gasteiger partial charge on any atom is 0.407 e. The van der Waals surface area contributed by atoms with Gasteiger partial charge in [0.1, 0.15) is 23.4 Å². The predicted molar refractivity (Wildman–Crippen MR) is 141 cm³/mol. The van der Waals surface area contributed by atoms with Crippen molar-refractivity contribution in [3.63, 3.8) is 0 Å². The van der Waals surface area contributed by atoms with Gasteiger partial charge in [0.15, 0.2) is 0 Å². The highest BCUT2D eigenvalue weighted by molar-refractivity contribution is 14.1. The molecule has 200 valence electrons. The summed E-state index contributed by atoms with van der Waals surface area (Å²) in [5.41, 5.74) is 0.715. The predicted octanol–water partition coefficient (Wildman–Crippen LogP) is 3.41. The Kier molecular flexibility index (Phi) is 10.7. The molecular weight excluding hydrogens is 565 g/mol. The Balaban J connectivity index is 1.40. The first-order valence-corrected chi connectivity index (χ1v) is 13.9. The zero-order valence-corrected chi connectivity index (χ0v) is 23.6. The van der Waals surface area contributed by atoms with Gasteiger partial charge in [0.25, 0.3) is 0 Å². The van der Waals surface area contributed by atoms with E-state index in [1.807, 2.05) is 22.9 Å². The van der Waals surface area contributed by atoms with Gasteiger partial charge in [-0.25, -0.2) is 4.79 Å². The number of allylic oxidation sites excluding steroid dienone is 1. The lowest BCUT2D eigenvalue weighted by Crippen LogP contribution is -2.56. The van der Waals surface area contributed by atoms with Gasteiger partial charge in [-0.1, -0.05) is 24.5 Å². The molecule has 0 radical (unpaired) electrons. The Bertz CT molecular complexity index is 757. The van der Waals surface area contributed by atoms with Gasteiger partial charge in [-0.05, 0) is 52.9 Å². The fourth-order valence-electron chi connectivity index (χ4n) is 5.39. The minimum atomic E-state index is -0.398. The molecule has 3 fully saturated rings. The van der Waals surface area contributed by atoms with Crippen molar-refractivity contribution >= 4 is 34.9 Å². The second-order valence-electron chi connectivity index (χ2n) is 10.3. The number of nitrogens with one attached hydrogen (secondary N) is 3. The number of hydrogen-bond acceptors (Lipinski definition) is 7. The van der Waals surface area contributed by atoms with Crippen LogP contribution in [0.4, 0.5) is 4.79 Å². The summed E-state index contributed by atoms with van der Waals surface area (Å²) in [6.45, 7) is 8.62. The van der Waals surface area contributed by atoms with Crippen LogP contribution in [-0.2, 0) is 23.7 Å². The van der Waals surface area contributed by atoms with Crippen LogP contribution in [0.2, 0.25) is 0 Å². The van der Waals surface area contributed by atoms with Crippen LogP contribution in [0.5, 0.6) is 0 Å². The molecule has 9 nitrogen and oxygen atoms in total. The summed E-state index contributed by atoms with van der Waals surface area (Å²) in [6, 6.07) is 0. The Hall–Kier alpha value is -0.950. The molecule has 3 N–H and O–H groups in total. The van der Waals surface area contributed by atoms with E-state index in [1.165, 1.54) is 5.57 Å². The van der Waals surface area contributed by atoms with Gasteiger partial charge >= 0.3 is 6.09 Å². The summed E-state index contributed by atoms with van der Waals surface area (Å²) in [5.74, 6) is 0.0308. The van der Waals surface area contributed by atoms with Gasteiger partial charge in [0.05, 0.1) is 25.2 Å². The van der Waals surface area contributed by atoms with Gasteiger partial charge in [-0.2, -0.15) is 0 Å². The maximum atomic E-state index is 12.5. The topological polar surface area (TPSA) is 114 Å². The highest BCUT2D eigenvalue weighted by Gasteiger charge is 2.72. The van der Waals surface area contributed by atoms with E-state index in [0.29, 0.717) is 26.2 Å². The van der Waals surface area contributed by atoms with Crippen molar-refractivity contribution in [3.8, 4) is 0 Å². The lowest BCUT2D eigenvalue weighted by molar-refractivity contribution is -0.119. The van der Waals surface area contributed by atoms with Crippen molar-refractivity contribution < 1.29 is 28.5 Å². The summed E-state index contributed by atoms with van der Waals surface area (Å²) in [6.07, 6.45) is 7.55. The molecule has 2 saturated heterocycles. The molecule has 1 aliphatic carbocycles. The quantitative estimate of drug-likeness (QED) is 0.0913. The van der Waals surface area contributed by atoms with Crippen molar-refractivity contribution in [1.29, 1.82) is 0 Å². The van der Waals surface area contributed by atoms with Crippen LogP contribution < -0.4 is 14.2 Å². The zero-order valence-electron chi connectivity index (χ0n) is 21.5. The molecule has 35 heavy (non-hydrogen) atoms. The first-order valence-electron chi connectivity index (χ1n) is 12.8. The monoisotopic (exact) mass is 607 g/mol. The number of rotatable bonds is 14. The van der Waals surface area contributed by atoms with Crippen LogP contribution in [0.15, 0.2) is 11.6 Å². The standard InChI is InChI=1S/C25H42IN3O6/c1-17(2)9-10-19-24(3,35-19)22-21(32-4)18(11-12-25(22)16-33-25)34-23(31)28-14-8-6-5-7-13-27-20(30)15-29-26/h9,18-19,21-22,29H,5-8,10-16H2,1-4H3,(H,27,30)(H,28,31)/t18?,19-,21?,22?,24?,25+/m1/s1. The minimum absolute atomic E-state index is 0.00736. The summed E-state index contributed by atoms with van der Waals surface area (Å²) in [7, 11) is 1.69. The molecule has 2 heterocycles. The molecule has 1 spiro atoms. The van der Waals surface area contributed by atoms with Crippen LogP contribution in [-0.4, -0.2) is 74.9 Å². The largest absolute Gasteiger partial charge is 0.443 e. The normalized spacial score (nSPS) is 33.2. The number of amides is 2. The molecule has 2 aliphatic heterocycles. The van der Waals surface area contributed by atoms with E-state index in [0.717, 1.165) is 44.9 Å². The second-order valence-corrected chi connectivity index (χ2v) is 11.1. The van der Waals surface area contributed by atoms with E-state index < -0.39 is 6.09 Å². The van der Waals surface area contributed by atoms with Crippen LogP contribution >= 0.6 is 22.9 Å². The summed E-state index contributed by atoms with van der Waals surface area (Å²) >= 11 is 1.95. The first-order chi connectivity index (χ1) is 16.8. The third kappa shape index (κ3) is 7.77. The highest BCUT2D eigenvalue weighted by Crippen LogP contribution is 2.59. The molecule has 0 aromatic rings. The molecule has 1 saturated carbocycles. The van der Waals surface area contributed by atoms with Crippen molar-refractivity contribution in [3.05, 3.63) is 11.6 Å².